The van der Waals surface area contributed by atoms with E-state index >= 15 is 0 Å². The molecule has 3 aliphatic heterocycles. The van der Waals surface area contributed by atoms with Crippen LogP contribution in [0.3, 0.4) is 0 Å². The largest absolute Gasteiger partial charge is 0.454 e. The number of sulfonamides is 1. The Morgan fingerprint density at radius 1 is 0.879 bits per heavy atom. The second kappa shape index (κ2) is 9.20. The van der Waals surface area contributed by atoms with E-state index in [2.05, 4.69) is 10.2 Å². The summed E-state index contributed by atoms with van der Waals surface area (Å²) in [4.78, 5) is 15.7. The predicted octanol–water partition coefficient (Wildman–Crippen LogP) is 2.68. The molecule has 3 aliphatic rings. The van der Waals surface area contributed by atoms with Crippen molar-refractivity contribution in [2.24, 2.45) is 0 Å². The van der Waals surface area contributed by atoms with Crippen LogP contribution in [0.5, 0.6) is 11.5 Å². The SMILES string of the molecule is O=C(Nc1ccc2c(c1)OCO2)c1cc(S(=O)(=O)N2CCOCC2)ccc1N1CCCCC1. The van der Waals surface area contributed by atoms with Crippen LogP contribution in [0.4, 0.5) is 11.4 Å². The van der Waals surface area contributed by atoms with Crippen LogP contribution in [0.15, 0.2) is 41.3 Å². The predicted molar refractivity (Wildman–Crippen MR) is 123 cm³/mol. The minimum atomic E-state index is -3.73. The summed E-state index contributed by atoms with van der Waals surface area (Å²) in [7, 11) is -3.73. The summed E-state index contributed by atoms with van der Waals surface area (Å²) >= 11 is 0. The number of carbonyl (C=O) groups is 1. The number of ether oxygens (including phenoxy) is 3. The van der Waals surface area contributed by atoms with Crippen LogP contribution in [-0.2, 0) is 14.8 Å². The number of benzene rings is 2. The summed E-state index contributed by atoms with van der Waals surface area (Å²) in [6.07, 6.45) is 3.23. The summed E-state index contributed by atoms with van der Waals surface area (Å²) in [5.41, 5.74) is 1.63. The maximum atomic E-state index is 13.4. The van der Waals surface area contributed by atoms with Gasteiger partial charge in [-0.2, -0.15) is 4.31 Å². The molecule has 0 aliphatic carbocycles. The summed E-state index contributed by atoms with van der Waals surface area (Å²) in [5.74, 6) is 0.821. The molecule has 1 amide bonds. The van der Waals surface area contributed by atoms with Crippen molar-refractivity contribution < 1.29 is 27.4 Å². The minimum Gasteiger partial charge on any atom is -0.454 e. The lowest BCUT2D eigenvalue weighted by atomic mass is 10.1. The first-order valence-corrected chi connectivity index (χ1v) is 12.6. The molecule has 0 radical (unpaired) electrons. The highest BCUT2D eigenvalue weighted by atomic mass is 32.2. The molecular formula is C23H27N3O6S. The third-order valence-corrected chi connectivity index (χ3v) is 8.04. The summed E-state index contributed by atoms with van der Waals surface area (Å²) in [6, 6.07) is 10.0. The number of morpholine rings is 1. The van der Waals surface area contributed by atoms with E-state index in [1.165, 1.54) is 10.4 Å². The molecule has 0 atom stereocenters. The Morgan fingerprint density at radius 3 is 2.42 bits per heavy atom. The Kier molecular flexibility index (Phi) is 6.13. The minimum absolute atomic E-state index is 0.112. The van der Waals surface area contributed by atoms with Gasteiger partial charge in [-0.3, -0.25) is 4.79 Å². The average Bonchev–Trinajstić information content (AvgIpc) is 3.33. The first-order valence-electron chi connectivity index (χ1n) is 11.2. The lowest BCUT2D eigenvalue weighted by Crippen LogP contribution is -2.40. The molecule has 0 bridgehead atoms. The highest BCUT2D eigenvalue weighted by Gasteiger charge is 2.29. The summed E-state index contributed by atoms with van der Waals surface area (Å²) in [5, 5.41) is 2.90. The topological polar surface area (TPSA) is 97.4 Å². The summed E-state index contributed by atoms with van der Waals surface area (Å²) < 4.78 is 43.9. The zero-order valence-corrected chi connectivity index (χ0v) is 19.1. The Bertz CT molecular complexity index is 1140. The molecule has 0 aromatic heterocycles. The molecule has 0 saturated carbocycles. The number of carbonyl (C=O) groups excluding carboxylic acids is 1. The lowest BCUT2D eigenvalue weighted by Gasteiger charge is -2.31. The van der Waals surface area contributed by atoms with Crippen LogP contribution in [0.2, 0.25) is 0 Å². The molecule has 33 heavy (non-hydrogen) atoms. The second-order valence-electron chi connectivity index (χ2n) is 8.27. The van der Waals surface area contributed by atoms with Crippen molar-refractivity contribution in [2.45, 2.75) is 24.2 Å². The molecule has 10 heteroatoms. The van der Waals surface area contributed by atoms with Gasteiger partial charge in [0.1, 0.15) is 0 Å². The van der Waals surface area contributed by atoms with Gasteiger partial charge in [-0.05, 0) is 49.6 Å². The Hall–Kier alpha value is -2.82. The van der Waals surface area contributed by atoms with E-state index in [1.54, 1.807) is 30.3 Å². The van der Waals surface area contributed by atoms with Crippen molar-refractivity contribution in [2.75, 3.05) is 56.4 Å². The summed E-state index contributed by atoms with van der Waals surface area (Å²) in [6.45, 7) is 3.14. The number of fused-ring (bicyclic) bond motifs is 1. The molecule has 3 heterocycles. The molecule has 1 N–H and O–H groups in total. The number of anilines is 2. The quantitative estimate of drug-likeness (QED) is 0.713. The van der Waals surface area contributed by atoms with Gasteiger partial charge in [-0.15, -0.1) is 0 Å². The Labute approximate surface area is 193 Å². The fourth-order valence-corrected chi connectivity index (χ4v) is 5.81. The maximum absolute atomic E-state index is 13.4. The number of rotatable bonds is 5. The highest BCUT2D eigenvalue weighted by molar-refractivity contribution is 7.89. The molecular weight excluding hydrogens is 446 g/mol. The van der Waals surface area contributed by atoms with Crippen molar-refractivity contribution >= 4 is 27.3 Å². The second-order valence-corrected chi connectivity index (χ2v) is 10.2. The molecule has 2 aromatic rings. The van der Waals surface area contributed by atoms with Gasteiger partial charge in [0.25, 0.3) is 5.91 Å². The van der Waals surface area contributed by atoms with Crippen LogP contribution in [0, 0.1) is 0 Å². The van der Waals surface area contributed by atoms with E-state index in [-0.39, 0.29) is 17.6 Å². The van der Waals surface area contributed by atoms with Gasteiger partial charge < -0.3 is 24.4 Å². The van der Waals surface area contributed by atoms with Crippen LogP contribution < -0.4 is 19.7 Å². The Balaban J connectivity index is 1.48. The van der Waals surface area contributed by atoms with Crippen molar-refractivity contribution in [3.63, 3.8) is 0 Å². The van der Waals surface area contributed by atoms with Gasteiger partial charge in [0.2, 0.25) is 16.8 Å². The average molecular weight is 474 g/mol. The van der Waals surface area contributed by atoms with Crippen LogP contribution in [0.1, 0.15) is 29.6 Å². The van der Waals surface area contributed by atoms with Crippen LogP contribution >= 0.6 is 0 Å². The first-order chi connectivity index (χ1) is 16.0. The van der Waals surface area contributed by atoms with E-state index < -0.39 is 10.0 Å². The van der Waals surface area contributed by atoms with Gasteiger partial charge >= 0.3 is 0 Å². The Morgan fingerprint density at radius 2 is 1.64 bits per heavy atom. The molecule has 176 valence electrons. The van der Waals surface area contributed by atoms with E-state index in [0.29, 0.717) is 49.1 Å². The molecule has 2 saturated heterocycles. The monoisotopic (exact) mass is 473 g/mol. The maximum Gasteiger partial charge on any atom is 0.257 e. The third kappa shape index (κ3) is 4.50. The fraction of sp³-hybridized carbons (Fsp3) is 0.435. The normalized spacial score (nSPS) is 18.8. The van der Waals surface area contributed by atoms with Crippen molar-refractivity contribution in [1.29, 1.82) is 0 Å². The van der Waals surface area contributed by atoms with Gasteiger partial charge in [0, 0.05) is 43.6 Å². The lowest BCUT2D eigenvalue weighted by molar-refractivity contribution is 0.0730. The molecule has 0 spiro atoms. The first kappa shape index (κ1) is 22.0. The van der Waals surface area contributed by atoms with E-state index in [9.17, 15) is 13.2 Å². The van der Waals surface area contributed by atoms with Crippen molar-refractivity contribution in [3.05, 3.63) is 42.0 Å². The van der Waals surface area contributed by atoms with E-state index in [0.717, 1.165) is 38.0 Å². The number of nitrogens with zero attached hydrogens (tertiary/aromatic N) is 2. The molecule has 9 nitrogen and oxygen atoms in total. The molecule has 0 unspecified atom stereocenters. The number of hydrogen-bond acceptors (Lipinski definition) is 7. The van der Waals surface area contributed by atoms with Crippen LogP contribution in [-0.4, -0.2) is 64.8 Å². The standard InChI is InChI=1S/C23H27N3O6S/c27-23(24-17-4-7-21-22(14-17)32-16-31-21)19-15-18(33(28,29)26-10-12-30-13-11-26)5-6-20(19)25-8-2-1-3-9-25/h4-7,14-15H,1-3,8-13,16H2,(H,24,27). The smallest absolute Gasteiger partial charge is 0.257 e. The van der Waals surface area contributed by atoms with Gasteiger partial charge in [0.05, 0.1) is 23.7 Å². The van der Waals surface area contributed by atoms with Crippen LogP contribution in [0.25, 0.3) is 0 Å². The molecule has 5 rings (SSSR count). The number of piperidine rings is 1. The number of hydrogen-bond donors (Lipinski definition) is 1. The van der Waals surface area contributed by atoms with E-state index in [4.69, 9.17) is 14.2 Å². The van der Waals surface area contributed by atoms with E-state index in [1.807, 2.05) is 0 Å². The van der Waals surface area contributed by atoms with Gasteiger partial charge in [0.15, 0.2) is 11.5 Å². The van der Waals surface area contributed by atoms with Crippen molar-refractivity contribution in [1.82, 2.24) is 4.31 Å². The number of amides is 1. The zero-order chi connectivity index (χ0) is 22.8. The van der Waals surface area contributed by atoms with Gasteiger partial charge in [-0.25, -0.2) is 8.42 Å². The van der Waals surface area contributed by atoms with Gasteiger partial charge in [-0.1, -0.05) is 0 Å². The third-order valence-electron chi connectivity index (χ3n) is 6.15. The fourth-order valence-electron chi connectivity index (χ4n) is 4.38. The zero-order valence-electron chi connectivity index (χ0n) is 18.3. The molecule has 2 fully saturated rings. The highest BCUT2D eigenvalue weighted by Crippen LogP contribution is 2.35. The van der Waals surface area contributed by atoms with Crippen molar-refractivity contribution in [3.8, 4) is 11.5 Å². The molecule has 2 aromatic carbocycles. The number of nitrogens with one attached hydrogen (secondary N) is 1.